The smallest absolute Gasteiger partial charge is 0.0644 e. The van der Waals surface area contributed by atoms with Crippen molar-refractivity contribution in [1.29, 1.82) is 0 Å². The molecule has 0 heterocycles. The number of hydrogen-bond acceptors (Lipinski definition) is 2. The molecule has 148 valence electrons. The van der Waals surface area contributed by atoms with Crippen molar-refractivity contribution in [2.24, 2.45) is 0 Å². The minimum Gasteiger partial charge on any atom is -0.390 e. The third kappa shape index (κ3) is 14.3. The van der Waals surface area contributed by atoms with Crippen LogP contribution in [0, 0.1) is 0 Å². The van der Waals surface area contributed by atoms with Gasteiger partial charge in [-0.1, -0.05) is 57.3 Å². The lowest BCUT2D eigenvalue weighted by Gasteiger charge is -2.27. The summed E-state index contributed by atoms with van der Waals surface area (Å²) < 4.78 is 5.45. The zero-order valence-corrected chi connectivity index (χ0v) is 17.5. The van der Waals surface area contributed by atoms with Crippen LogP contribution in [-0.2, 0) is 4.74 Å². The predicted octanol–water partition coefficient (Wildman–Crippen LogP) is 6.98. The zero-order chi connectivity index (χ0) is 19.0. The summed E-state index contributed by atoms with van der Waals surface area (Å²) in [5, 5.41) is 10.7. The van der Waals surface area contributed by atoms with E-state index in [1.807, 2.05) is 13.0 Å². The van der Waals surface area contributed by atoms with E-state index in [0.29, 0.717) is 6.42 Å². The molecule has 0 aliphatic rings. The summed E-state index contributed by atoms with van der Waals surface area (Å²) in [4.78, 5) is 0. The molecule has 2 nitrogen and oxygen atoms in total. The molecule has 0 saturated carbocycles. The lowest BCUT2D eigenvalue weighted by molar-refractivity contribution is -0.0179. The molecular formula is C23H44O2. The van der Waals surface area contributed by atoms with Crippen LogP contribution in [0.15, 0.2) is 24.3 Å². The molecule has 0 amide bonds. The van der Waals surface area contributed by atoms with Gasteiger partial charge in [0, 0.05) is 13.5 Å². The SMILES string of the molecule is C=CCC(CC(C)(O)CCC/C(=C/CCCCC)CCCCC)OC. The number of aliphatic hydroxyl groups is 1. The molecule has 0 aliphatic heterocycles. The van der Waals surface area contributed by atoms with E-state index < -0.39 is 5.60 Å². The van der Waals surface area contributed by atoms with Crippen molar-refractivity contribution >= 4 is 0 Å². The van der Waals surface area contributed by atoms with Gasteiger partial charge in [-0.05, 0) is 58.3 Å². The van der Waals surface area contributed by atoms with Crippen LogP contribution in [0.2, 0.25) is 0 Å². The van der Waals surface area contributed by atoms with E-state index in [-0.39, 0.29) is 6.10 Å². The van der Waals surface area contributed by atoms with Crippen LogP contribution in [0.3, 0.4) is 0 Å². The monoisotopic (exact) mass is 352 g/mol. The molecule has 0 radical (unpaired) electrons. The quantitative estimate of drug-likeness (QED) is 0.226. The Balaban J connectivity index is 4.36. The van der Waals surface area contributed by atoms with Crippen molar-refractivity contribution in [3.05, 3.63) is 24.3 Å². The molecule has 0 rings (SSSR count). The predicted molar refractivity (Wildman–Crippen MR) is 111 cm³/mol. The van der Waals surface area contributed by atoms with Crippen LogP contribution in [0.1, 0.15) is 104 Å². The fourth-order valence-electron chi connectivity index (χ4n) is 3.37. The number of ether oxygens (including phenoxy) is 1. The normalized spacial score (nSPS) is 15.8. The average molecular weight is 353 g/mol. The van der Waals surface area contributed by atoms with E-state index in [1.54, 1.807) is 12.7 Å². The number of allylic oxidation sites excluding steroid dienone is 2. The van der Waals surface area contributed by atoms with E-state index in [4.69, 9.17) is 4.74 Å². The van der Waals surface area contributed by atoms with Gasteiger partial charge in [0.05, 0.1) is 11.7 Å². The minimum atomic E-state index is -0.652. The van der Waals surface area contributed by atoms with Gasteiger partial charge >= 0.3 is 0 Å². The van der Waals surface area contributed by atoms with Crippen molar-refractivity contribution in [1.82, 2.24) is 0 Å². The molecule has 0 aromatic rings. The summed E-state index contributed by atoms with van der Waals surface area (Å²) in [5.74, 6) is 0. The van der Waals surface area contributed by atoms with Gasteiger partial charge in [-0.25, -0.2) is 0 Å². The molecule has 0 aliphatic carbocycles. The van der Waals surface area contributed by atoms with E-state index in [0.717, 1.165) is 25.7 Å². The van der Waals surface area contributed by atoms with Gasteiger partial charge < -0.3 is 9.84 Å². The fourth-order valence-corrected chi connectivity index (χ4v) is 3.37. The Kier molecular flexibility index (Phi) is 15.3. The zero-order valence-electron chi connectivity index (χ0n) is 17.5. The van der Waals surface area contributed by atoms with Crippen LogP contribution in [0.5, 0.6) is 0 Å². The van der Waals surface area contributed by atoms with Crippen LogP contribution >= 0.6 is 0 Å². The lowest BCUT2D eigenvalue weighted by Crippen LogP contribution is -2.30. The van der Waals surface area contributed by atoms with E-state index >= 15 is 0 Å². The Morgan fingerprint density at radius 1 is 1.08 bits per heavy atom. The summed E-state index contributed by atoms with van der Waals surface area (Å²) in [5.41, 5.74) is 0.954. The molecule has 2 unspecified atom stereocenters. The molecule has 0 bridgehead atoms. The van der Waals surface area contributed by atoms with Crippen LogP contribution in [0.25, 0.3) is 0 Å². The van der Waals surface area contributed by atoms with E-state index in [1.165, 1.54) is 51.4 Å². The average Bonchev–Trinajstić information content (AvgIpc) is 2.57. The standard InChI is InChI=1S/C23H44O2/c1-6-9-11-13-17-21(16-12-10-7-2)18-14-19-23(4,24)20-22(25-5)15-8-3/h8,17,22,24H,3,6-7,9-16,18-20H2,1-2,4-5H3/b21-17+. The molecule has 2 atom stereocenters. The Morgan fingerprint density at radius 3 is 2.32 bits per heavy atom. The second-order valence-corrected chi connectivity index (χ2v) is 7.75. The van der Waals surface area contributed by atoms with Crippen LogP contribution < -0.4 is 0 Å². The van der Waals surface area contributed by atoms with Crippen molar-refractivity contribution in [3.63, 3.8) is 0 Å². The molecule has 0 saturated heterocycles. The van der Waals surface area contributed by atoms with Crippen LogP contribution in [0.4, 0.5) is 0 Å². The summed E-state index contributed by atoms with van der Waals surface area (Å²) in [6.45, 7) is 10.2. The maximum absolute atomic E-state index is 10.7. The van der Waals surface area contributed by atoms with Crippen molar-refractivity contribution in [3.8, 4) is 0 Å². The maximum atomic E-state index is 10.7. The molecule has 2 heteroatoms. The summed E-state index contributed by atoms with van der Waals surface area (Å²) >= 11 is 0. The van der Waals surface area contributed by atoms with Gasteiger partial charge in [-0.3, -0.25) is 0 Å². The number of methoxy groups -OCH3 is 1. The lowest BCUT2D eigenvalue weighted by atomic mass is 9.89. The second-order valence-electron chi connectivity index (χ2n) is 7.75. The highest BCUT2D eigenvalue weighted by Crippen LogP contribution is 2.25. The van der Waals surface area contributed by atoms with Gasteiger partial charge in [0.15, 0.2) is 0 Å². The first-order valence-corrected chi connectivity index (χ1v) is 10.5. The van der Waals surface area contributed by atoms with E-state index in [2.05, 4.69) is 26.5 Å². The highest BCUT2D eigenvalue weighted by Gasteiger charge is 2.24. The Bertz CT molecular complexity index is 344. The first-order valence-electron chi connectivity index (χ1n) is 10.5. The van der Waals surface area contributed by atoms with Crippen molar-refractivity contribution in [2.75, 3.05) is 7.11 Å². The molecule has 0 fully saturated rings. The first-order chi connectivity index (χ1) is 12.0. The Labute approximate surface area is 157 Å². The molecule has 0 aromatic carbocycles. The largest absolute Gasteiger partial charge is 0.390 e. The molecule has 0 aromatic heterocycles. The van der Waals surface area contributed by atoms with Crippen molar-refractivity contribution < 1.29 is 9.84 Å². The Morgan fingerprint density at radius 2 is 1.72 bits per heavy atom. The molecule has 0 spiro atoms. The van der Waals surface area contributed by atoms with E-state index in [9.17, 15) is 5.11 Å². The Hall–Kier alpha value is -0.600. The third-order valence-electron chi connectivity index (χ3n) is 4.99. The van der Waals surface area contributed by atoms with Gasteiger partial charge in [0.2, 0.25) is 0 Å². The van der Waals surface area contributed by atoms with Gasteiger partial charge in [0.25, 0.3) is 0 Å². The maximum Gasteiger partial charge on any atom is 0.0644 e. The number of unbranched alkanes of at least 4 members (excludes halogenated alkanes) is 5. The minimum absolute atomic E-state index is 0.0705. The number of rotatable bonds is 17. The summed E-state index contributed by atoms with van der Waals surface area (Å²) in [6, 6.07) is 0. The fraction of sp³-hybridized carbons (Fsp3) is 0.826. The van der Waals surface area contributed by atoms with Gasteiger partial charge in [-0.2, -0.15) is 0 Å². The summed E-state index contributed by atoms with van der Waals surface area (Å²) in [7, 11) is 1.72. The number of hydrogen-bond donors (Lipinski definition) is 1. The highest BCUT2D eigenvalue weighted by atomic mass is 16.5. The highest BCUT2D eigenvalue weighted by molar-refractivity contribution is 5.02. The first kappa shape index (κ1) is 24.4. The topological polar surface area (TPSA) is 29.5 Å². The van der Waals surface area contributed by atoms with Gasteiger partial charge in [-0.15, -0.1) is 6.58 Å². The third-order valence-corrected chi connectivity index (χ3v) is 4.99. The van der Waals surface area contributed by atoms with Crippen molar-refractivity contribution in [2.45, 2.75) is 116 Å². The second kappa shape index (κ2) is 15.6. The van der Waals surface area contributed by atoms with Crippen LogP contribution in [-0.4, -0.2) is 23.9 Å². The molecule has 1 N–H and O–H groups in total. The van der Waals surface area contributed by atoms with Gasteiger partial charge in [0.1, 0.15) is 0 Å². The molecular weight excluding hydrogens is 308 g/mol. The summed E-state index contributed by atoms with van der Waals surface area (Å²) in [6.07, 6.45) is 19.2. The molecule has 25 heavy (non-hydrogen) atoms.